The molecule has 0 saturated heterocycles. The Morgan fingerprint density at radius 2 is 1.30 bits per heavy atom. The zero-order valence-corrected chi connectivity index (χ0v) is 36.0. The number of hydrogen-bond acceptors (Lipinski definition) is 0. The number of hydrogen-bond donors (Lipinski definition) is 0. The van der Waals surface area contributed by atoms with Crippen LogP contribution in [0.3, 0.4) is 0 Å². The Kier molecular flexibility index (Phi) is 43.8. The number of halogens is 1. The first-order valence-corrected chi connectivity index (χ1v) is 19.8. The van der Waals surface area contributed by atoms with E-state index in [9.17, 15) is 0 Å². The van der Waals surface area contributed by atoms with Crippen LogP contribution in [0.2, 0.25) is 5.02 Å². The second-order valence-corrected chi connectivity index (χ2v) is 13.6. The van der Waals surface area contributed by atoms with Crippen LogP contribution in [0.15, 0.2) is 121 Å². The van der Waals surface area contributed by atoms with Crippen LogP contribution in [0.5, 0.6) is 0 Å². The van der Waals surface area contributed by atoms with Gasteiger partial charge < -0.3 is 0 Å². The molecule has 0 amide bonds. The number of aryl methyl sites for hydroxylation is 3. The van der Waals surface area contributed by atoms with E-state index in [0.29, 0.717) is 0 Å². The molecule has 2 aromatic carbocycles. The Labute approximate surface area is 319 Å². The quantitative estimate of drug-likeness (QED) is 0.128. The van der Waals surface area contributed by atoms with Gasteiger partial charge in [-0.25, -0.2) is 0 Å². The minimum atomic E-state index is 0.757. The van der Waals surface area contributed by atoms with Gasteiger partial charge in [0.2, 0.25) is 0 Å². The summed E-state index contributed by atoms with van der Waals surface area (Å²) in [5, 5.41) is 0.853. The molecule has 0 aliphatic heterocycles. The van der Waals surface area contributed by atoms with Gasteiger partial charge in [-0.15, -0.1) is 19.7 Å². The third kappa shape index (κ3) is 41.3. The van der Waals surface area contributed by atoms with E-state index in [-0.39, 0.29) is 0 Å². The smallest absolute Gasteiger partial charge is 0.0408 e. The molecule has 0 nitrogen and oxygen atoms in total. The summed E-state index contributed by atoms with van der Waals surface area (Å²) in [5.74, 6) is 0.757. The van der Waals surface area contributed by atoms with Crippen LogP contribution in [-0.4, -0.2) is 0 Å². The fourth-order valence-corrected chi connectivity index (χ4v) is 4.65. The summed E-state index contributed by atoms with van der Waals surface area (Å²) >= 11 is 5.90. The zero-order valence-electron chi connectivity index (χ0n) is 35.2. The molecule has 0 radical (unpaired) electrons. The lowest BCUT2D eigenvalue weighted by atomic mass is 9.96. The number of allylic oxidation sites excluding steroid dienone is 8. The second-order valence-electron chi connectivity index (χ2n) is 13.2. The van der Waals surface area contributed by atoms with Crippen LogP contribution in [0.25, 0.3) is 0 Å². The highest BCUT2D eigenvalue weighted by Gasteiger charge is 2.02. The van der Waals surface area contributed by atoms with Crippen LogP contribution in [0.1, 0.15) is 158 Å². The molecule has 0 aliphatic carbocycles. The molecule has 0 N–H and O–H groups in total. The van der Waals surface area contributed by atoms with E-state index < -0.39 is 0 Å². The third-order valence-electron chi connectivity index (χ3n) is 7.46. The van der Waals surface area contributed by atoms with Crippen molar-refractivity contribution in [3.8, 4) is 0 Å². The fraction of sp³-hybridized carbons (Fsp3) is 0.510. The van der Waals surface area contributed by atoms with Crippen molar-refractivity contribution >= 4 is 11.6 Å². The average Bonchev–Trinajstić information content (AvgIpc) is 3.09. The molecule has 50 heavy (non-hydrogen) atoms. The van der Waals surface area contributed by atoms with E-state index in [4.69, 9.17) is 11.6 Å². The minimum Gasteiger partial charge on any atom is -0.103 e. The van der Waals surface area contributed by atoms with Crippen LogP contribution in [0.4, 0.5) is 0 Å². The van der Waals surface area contributed by atoms with E-state index >= 15 is 0 Å². The maximum atomic E-state index is 5.90. The molecular weight excluding hydrogens is 624 g/mol. The molecule has 284 valence electrons. The maximum absolute atomic E-state index is 5.90. The largest absolute Gasteiger partial charge is 0.103 e. The standard InChI is InChI=1S/C14H20.C11H15Cl.C9H16.C7H14.C5H10.C3H6/c1-12(2)11-13(3)9-10-14-7-5-4-6-8-14;1-3-5-10-6-7-11(12)8-9(10)4-2;1-4-6-8-9(3)7-5-2;1-4-6-7(3)5-2;1-4-5(2)3;1-3-2/h4-8,13H,1,9-11H2,2-3H3;6-8H,3-5H2,1-2H3;4,6,8H,5,7H2,1-3H3;3-6H2,1-2H3;2,4H2,1,3H3;3H,1H2,2H3/b;;6-4-,9-8+;;;. The van der Waals surface area contributed by atoms with E-state index in [1.54, 1.807) is 6.08 Å². The summed E-state index contributed by atoms with van der Waals surface area (Å²) in [6.45, 7) is 40.4. The van der Waals surface area contributed by atoms with Gasteiger partial charge in [0.15, 0.2) is 0 Å². The Balaban J connectivity index is -0.000000269. The van der Waals surface area contributed by atoms with Crippen molar-refractivity contribution < 1.29 is 0 Å². The topological polar surface area (TPSA) is 0 Å². The highest BCUT2D eigenvalue weighted by atomic mass is 35.5. The molecule has 1 unspecified atom stereocenters. The van der Waals surface area contributed by atoms with Gasteiger partial charge in [0, 0.05) is 5.02 Å². The number of rotatable bonds is 15. The SMILES string of the molecule is C/C=C\C=C(/C)CCC.C=C(C)CC.C=C(C)CC(C)CCc1ccccc1.C=C(CC)CCC.C=CC.CCCc1ccc(Cl)cc1CC. The highest BCUT2D eigenvalue weighted by molar-refractivity contribution is 6.30. The van der Waals surface area contributed by atoms with E-state index in [0.717, 1.165) is 36.6 Å². The first kappa shape index (κ1) is 54.0. The van der Waals surface area contributed by atoms with Crippen molar-refractivity contribution in [1.82, 2.24) is 0 Å². The number of benzene rings is 2. The molecule has 0 aromatic heterocycles. The highest BCUT2D eigenvalue weighted by Crippen LogP contribution is 2.18. The summed E-state index contributed by atoms with van der Waals surface area (Å²) in [6.07, 6.45) is 22.3. The van der Waals surface area contributed by atoms with E-state index in [1.165, 1.54) is 90.3 Å². The lowest BCUT2D eigenvalue weighted by Gasteiger charge is -2.10. The van der Waals surface area contributed by atoms with Crippen molar-refractivity contribution in [2.24, 2.45) is 5.92 Å². The second kappa shape index (κ2) is 40.6. The van der Waals surface area contributed by atoms with Crippen LogP contribution in [0, 0.1) is 5.92 Å². The van der Waals surface area contributed by atoms with Crippen molar-refractivity contribution in [3.63, 3.8) is 0 Å². The molecule has 0 bridgehead atoms. The van der Waals surface area contributed by atoms with E-state index in [1.807, 2.05) is 26.8 Å². The van der Waals surface area contributed by atoms with Gasteiger partial charge >= 0.3 is 0 Å². The molecule has 0 aliphatic rings. The molecule has 0 spiro atoms. The molecule has 0 fully saturated rings. The van der Waals surface area contributed by atoms with Gasteiger partial charge in [-0.1, -0.05) is 169 Å². The van der Waals surface area contributed by atoms with Crippen molar-refractivity contribution in [2.75, 3.05) is 0 Å². The summed E-state index contributed by atoms with van der Waals surface area (Å²) in [4.78, 5) is 0. The van der Waals surface area contributed by atoms with Crippen molar-refractivity contribution in [3.05, 3.63) is 143 Å². The normalized spacial score (nSPS) is 10.5. The van der Waals surface area contributed by atoms with Crippen LogP contribution in [-0.2, 0) is 19.3 Å². The van der Waals surface area contributed by atoms with Crippen LogP contribution < -0.4 is 0 Å². The van der Waals surface area contributed by atoms with Crippen molar-refractivity contribution in [1.29, 1.82) is 0 Å². The van der Waals surface area contributed by atoms with Gasteiger partial charge in [-0.2, -0.15) is 0 Å². The minimum absolute atomic E-state index is 0.757. The van der Waals surface area contributed by atoms with Gasteiger partial charge in [0.05, 0.1) is 0 Å². The van der Waals surface area contributed by atoms with E-state index in [2.05, 4.69) is 149 Å². The summed E-state index contributed by atoms with van der Waals surface area (Å²) < 4.78 is 0. The molecule has 0 heterocycles. The first-order chi connectivity index (χ1) is 23.8. The van der Waals surface area contributed by atoms with Crippen LogP contribution >= 0.6 is 11.6 Å². The molecular formula is C49H81Cl. The molecule has 0 saturated carbocycles. The first-order valence-electron chi connectivity index (χ1n) is 19.4. The average molecular weight is 706 g/mol. The summed E-state index contributed by atoms with van der Waals surface area (Å²) in [5.41, 5.74) is 9.68. The molecule has 1 heteroatoms. The lowest BCUT2D eigenvalue weighted by Crippen LogP contribution is -1.97. The predicted octanol–water partition coefficient (Wildman–Crippen LogP) is 17.3. The lowest BCUT2D eigenvalue weighted by molar-refractivity contribution is 0.529. The summed E-state index contributed by atoms with van der Waals surface area (Å²) in [6, 6.07) is 16.9. The zero-order chi connectivity index (χ0) is 39.2. The van der Waals surface area contributed by atoms with Crippen molar-refractivity contribution in [2.45, 2.75) is 160 Å². The Morgan fingerprint density at radius 3 is 1.70 bits per heavy atom. The summed E-state index contributed by atoms with van der Waals surface area (Å²) in [7, 11) is 0. The fourth-order valence-electron chi connectivity index (χ4n) is 4.46. The predicted molar refractivity (Wildman–Crippen MR) is 237 cm³/mol. The Hall–Kier alpha value is -2.83. The Morgan fingerprint density at radius 1 is 0.740 bits per heavy atom. The van der Waals surface area contributed by atoms with Gasteiger partial charge in [-0.3, -0.25) is 0 Å². The van der Waals surface area contributed by atoms with Gasteiger partial charge in [-0.05, 0) is 127 Å². The molecule has 1 atom stereocenters. The van der Waals surface area contributed by atoms with Gasteiger partial charge in [0.25, 0.3) is 0 Å². The van der Waals surface area contributed by atoms with Gasteiger partial charge in [0.1, 0.15) is 0 Å². The third-order valence-corrected chi connectivity index (χ3v) is 7.69. The monoisotopic (exact) mass is 705 g/mol. The molecule has 2 aromatic rings. The Bertz CT molecular complexity index is 1140. The molecule has 2 rings (SSSR count). The maximum Gasteiger partial charge on any atom is 0.0408 e.